The topological polar surface area (TPSA) is 112 Å². The second kappa shape index (κ2) is 7.62. The molecule has 3 N–H and O–H groups in total. The predicted octanol–water partition coefficient (Wildman–Crippen LogP) is 7.08. The Morgan fingerprint density at radius 1 is 0.684 bits per heavy atom. The van der Waals surface area contributed by atoms with Crippen molar-refractivity contribution in [3.05, 3.63) is 71.8 Å². The lowest BCUT2D eigenvalue weighted by molar-refractivity contribution is 0.799. The van der Waals surface area contributed by atoms with E-state index in [4.69, 9.17) is 22.2 Å². The van der Waals surface area contributed by atoms with Crippen molar-refractivity contribution in [1.29, 1.82) is 0 Å². The molecule has 0 fully saturated rings. The van der Waals surface area contributed by atoms with Crippen LogP contribution in [-0.2, 0) is 0 Å². The quantitative estimate of drug-likeness (QED) is 0.168. The van der Waals surface area contributed by atoms with Crippen LogP contribution in [-0.4, -0.2) is 40.1 Å². The zero-order chi connectivity index (χ0) is 25.5. The van der Waals surface area contributed by atoms with Gasteiger partial charge in [-0.3, -0.25) is 15.1 Å². The van der Waals surface area contributed by atoms with Crippen LogP contribution in [0.1, 0.15) is 25.6 Å². The molecule has 0 spiro atoms. The van der Waals surface area contributed by atoms with Crippen LogP contribution >= 0.6 is 12.2 Å². The zero-order valence-electron chi connectivity index (χ0n) is 20.5. The number of rotatable bonds is 2. The molecule has 4 heterocycles. The largest absolute Gasteiger partial charge is 0.330 e. The van der Waals surface area contributed by atoms with Gasteiger partial charge < -0.3 is 9.97 Å². The fourth-order valence-electron chi connectivity index (χ4n) is 5.53. The van der Waals surface area contributed by atoms with Crippen molar-refractivity contribution in [3.63, 3.8) is 0 Å². The fraction of sp³-hybridized carbons (Fsp3) is 0.103. The summed E-state index contributed by atoms with van der Waals surface area (Å²) in [7, 11) is 0. The lowest BCUT2D eigenvalue weighted by atomic mass is 9.95. The Kier molecular flexibility index (Phi) is 4.28. The van der Waals surface area contributed by atoms with Gasteiger partial charge >= 0.3 is 0 Å². The molecule has 0 saturated carbocycles. The van der Waals surface area contributed by atoms with E-state index in [1.165, 1.54) is 0 Å². The minimum absolute atomic E-state index is 0.242. The summed E-state index contributed by atoms with van der Waals surface area (Å²) in [5.74, 6) is 1.09. The highest BCUT2D eigenvalue weighted by Gasteiger charge is 2.17. The Bertz CT molecular complexity index is 2310. The molecule has 4 aromatic heterocycles. The minimum atomic E-state index is 0.242. The predicted molar refractivity (Wildman–Crippen MR) is 154 cm³/mol. The van der Waals surface area contributed by atoms with Crippen molar-refractivity contribution in [2.45, 2.75) is 19.8 Å². The van der Waals surface area contributed by atoms with Crippen LogP contribution < -0.4 is 0 Å². The van der Waals surface area contributed by atoms with E-state index < -0.39 is 0 Å². The average molecular weight is 513 g/mol. The van der Waals surface area contributed by atoms with Gasteiger partial charge in [0.05, 0.1) is 28.3 Å². The molecule has 0 unspecified atom stereocenters. The van der Waals surface area contributed by atoms with Gasteiger partial charge in [-0.15, -0.1) is 0 Å². The molecule has 38 heavy (non-hydrogen) atoms. The van der Waals surface area contributed by atoms with E-state index in [0.29, 0.717) is 4.77 Å². The van der Waals surface area contributed by atoms with Crippen LogP contribution in [0.25, 0.3) is 76.5 Å². The maximum absolute atomic E-state index is 5.40. The molecule has 0 saturated heterocycles. The molecule has 182 valence electrons. The van der Waals surface area contributed by atoms with Crippen molar-refractivity contribution in [3.8, 4) is 11.1 Å². The van der Waals surface area contributed by atoms with E-state index >= 15 is 0 Å². The summed E-state index contributed by atoms with van der Waals surface area (Å²) < 4.78 is 0.568. The summed E-state index contributed by atoms with van der Waals surface area (Å²) >= 11 is 5.40. The number of H-pyrrole nitrogens is 3. The molecule has 8 nitrogen and oxygen atoms in total. The summed E-state index contributed by atoms with van der Waals surface area (Å²) in [6, 6.07) is 13.0. The van der Waals surface area contributed by atoms with Crippen LogP contribution in [0.2, 0.25) is 0 Å². The van der Waals surface area contributed by atoms with Crippen LogP contribution in [0, 0.1) is 4.77 Å². The molecule has 0 atom stereocenters. The maximum atomic E-state index is 5.40. The average Bonchev–Trinajstić information content (AvgIpc) is 3.58. The van der Waals surface area contributed by atoms with Crippen molar-refractivity contribution in [2.24, 2.45) is 0 Å². The Labute approximate surface area is 220 Å². The standard InChI is InChI=1S/C29H20N8S/c1-13(2)28-34-23-16-5-3-14(9-18(16)20-11-32-33-12-21(20)25(23)35-28)15-4-6-17-19(10-15)22-26(31-8-7-30-22)27-24(17)36-29(38)37-27/h3-13,32H,1-2H3,(H2,36,37,38). The highest BCUT2D eigenvalue weighted by atomic mass is 32.1. The van der Waals surface area contributed by atoms with E-state index in [0.717, 1.165) is 82.4 Å². The van der Waals surface area contributed by atoms with Gasteiger partial charge in [-0.05, 0) is 40.9 Å². The lowest BCUT2D eigenvalue weighted by Crippen LogP contribution is -1.89. The Morgan fingerprint density at radius 2 is 1.37 bits per heavy atom. The summed E-state index contributed by atoms with van der Waals surface area (Å²) in [5, 5.41) is 13.6. The number of nitrogens with one attached hydrogen (secondary N) is 3. The first-order chi connectivity index (χ1) is 18.6. The van der Waals surface area contributed by atoms with Crippen molar-refractivity contribution < 1.29 is 0 Å². The molecule has 9 heteroatoms. The SMILES string of the molecule is CC(C)c1nc2c3ccc(-c4ccc5c(c4)c4nccnc4c4[nH]c(=S)[nH]c54)cc3c3c[nH]ncc3c2n1. The number of benzene rings is 4. The summed E-state index contributed by atoms with van der Waals surface area (Å²) in [6.07, 6.45) is 7.22. The van der Waals surface area contributed by atoms with Crippen LogP contribution in [0.15, 0.2) is 61.2 Å². The number of hydrogen-bond acceptors (Lipinski definition) is 6. The van der Waals surface area contributed by atoms with E-state index in [1.54, 1.807) is 12.4 Å². The summed E-state index contributed by atoms with van der Waals surface area (Å²) in [6.45, 7) is 4.23. The van der Waals surface area contributed by atoms with Crippen molar-refractivity contribution in [1.82, 2.24) is 40.1 Å². The summed E-state index contributed by atoms with van der Waals surface area (Å²) in [4.78, 5) is 25.6. The first kappa shape index (κ1) is 21.3. The third kappa shape index (κ3) is 2.90. The van der Waals surface area contributed by atoms with Crippen molar-refractivity contribution >= 4 is 77.6 Å². The molecular weight excluding hydrogens is 492 g/mol. The second-order valence-corrected chi connectivity index (χ2v) is 10.3. The van der Waals surface area contributed by atoms with Gasteiger partial charge in [0, 0.05) is 51.4 Å². The van der Waals surface area contributed by atoms with Gasteiger partial charge in [0.2, 0.25) is 0 Å². The van der Waals surface area contributed by atoms with Gasteiger partial charge in [-0.1, -0.05) is 38.1 Å². The number of imidazole rings is 2. The molecule has 0 radical (unpaired) electrons. The minimum Gasteiger partial charge on any atom is -0.330 e. The number of fused-ring (bicyclic) bond motifs is 12. The smallest absolute Gasteiger partial charge is 0.175 e. The molecule has 8 aromatic rings. The van der Waals surface area contributed by atoms with Crippen LogP contribution in [0.5, 0.6) is 0 Å². The highest BCUT2D eigenvalue weighted by molar-refractivity contribution is 7.71. The third-order valence-electron chi connectivity index (χ3n) is 7.32. The lowest BCUT2D eigenvalue weighted by Gasteiger charge is -2.10. The molecule has 0 amide bonds. The molecule has 0 aliphatic carbocycles. The Hall–Kier alpha value is -4.76. The van der Waals surface area contributed by atoms with Crippen LogP contribution in [0.3, 0.4) is 0 Å². The molecule has 0 aliphatic rings. The Balaban J connectivity index is 1.43. The Morgan fingerprint density at radius 3 is 2.16 bits per heavy atom. The van der Waals surface area contributed by atoms with Crippen molar-refractivity contribution in [2.75, 3.05) is 0 Å². The van der Waals surface area contributed by atoms with Gasteiger partial charge in [-0.2, -0.15) is 5.10 Å². The number of nitrogens with zero attached hydrogens (tertiary/aromatic N) is 5. The fourth-order valence-corrected chi connectivity index (χ4v) is 5.73. The second-order valence-electron chi connectivity index (χ2n) is 9.90. The van der Waals surface area contributed by atoms with Crippen LogP contribution in [0.4, 0.5) is 0 Å². The summed E-state index contributed by atoms with van der Waals surface area (Å²) in [5.41, 5.74) is 7.45. The number of hydrogen-bond donors (Lipinski definition) is 3. The first-order valence-corrected chi connectivity index (χ1v) is 12.8. The van der Waals surface area contributed by atoms with Gasteiger partial charge in [0.15, 0.2) is 4.77 Å². The van der Waals surface area contributed by atoms with Gasteiger partial charge in [0.25, 0.3) is 0 Å². The third-order valence-corrected chi connectivity index (χ3v) is 7.52. The first-order valence-electron chi connectivity index (χ1n) is 12.4. The van der Waals surface area contributed by atoms with E-state index in [1.807, 2.05) is 12.4 Å². The molecule has 4 aromatic carbocycles. The normalized spacial score (nSPS) is 12.3. The molecule has 0 aliphatic heterocycles. The number of aromatic amines is 3. The molecule has 8 rings (SSSR count). The monoisotopic (exact) mass is 512 g/mol. The highest BCUT2D eigenvalue weighted by Crippen LogP contribution is 2.38. The zero-order valence-corrected chi connectivity index (χ0v) is 21.3. The number of aromatic nitrogens is 8. The molecular formula is C29H20N8S. The van der Waals surface area contributed by atoms with Gasteiger partial charge in [0.1, 0.15) is 16.9 Å². The van der Waals surface area contributed by atoms with E-state index in [2.05, 4.69) is 80.4 Å². The molecule has 0 bridgehead atoms. The van der Waals surface area contributed by atoms with E-state index in [9.17, 15) is 0 Å². The van der Waals surface area contributed by atoms with Gasteiger partial charge in [-0.25, -0.2) is 9.97 Å². The maximum Gasteiger partial charge on any atom is 0.175 e. The van der Waals surface area contributed by atoms with E-state index in [-0.39, 0.29) is 5.92 Å².